The first kappa shape index (κ1) is 16.7. The second-order valence-corrected chi connectivity index (χ2v) is 7.18. The first-order valence-electron chi connectivity index (χ1n) is 9.50. The monoisotopic (exact) mass is 372 g/mol. The Bertz CT molecular complexity index is 1120. The van der Waals surface area contributed by atoms with E-state index in [2.05, 4.69) is 27.3 Å². The number of hydrogen-bond donors (Lipinski definition) is 1. The molecular weight excluding hydrogens is 352 g/mol. The van der Waals surface area contributed by atoms with E-state index in [1.165, 1.54) is 5.56 Å². The van der Waals surface area contributed by atoms with Crippen molar-refractivity contribution < 1.29 is 9.32 Å². The van der Waals surface area contributed by atoms with Crippen molar-refractivity contribution in [3.8, 4) is 11.5 Å². The molecular formula is C22H20N4O2. The molecule has 1 aliphatic heterocycles. The summed E-state index contributed by atoms with van der Waals surface area (Å²) in [5, 5.41) is 5.22. The highest BCUT2D eigenvalue weighted by Gasteiger charge is 2.33. The highest BCUT2D eigenvalue weighted by atomic mass is 16.5. The van der Waals surface area contributed by atoms with Crippen molar-refractivity contribution in [3.05, 3.63) is 72.2 Å². The van der Waals surface area contributed by atoms with Crippen molar-refractivity contribution in [1.29, 1.82) is 0 Å². The summed E-state index contributed by atoms with van der Waals surface area (Å²) in [5.74, 6) is 1.24. The number of benzene rings is 2. The standard InChI is InChI=1S/C22H20N4O2/c27-20-13-16(14-26(20)12-10-15-5-2-1-3-6-15)21-24-22(28-25-21)18-7-4-8-19-17(18)9-11-23-19/h1-9,11,16,23H,10,12-14H2. The van der Waals surface area contributed by atoms with E-state index in [1.807, 2.05) is 53.6 Å². The van der Waals surface area contributed by atoms with Crippen LogP contribution in [0.2, 0.25) is 0 Å². The lowest BCUT2D eigenvalue weighted by Gasteiger charge is -2.15. The average Bonchev–Trinajstić information content (AvgIpc) is 3.46. The van der Waals surface area contributed by atoms with Crippen LogP contribution in [0, 0.1) is 0 Å². The van der Waals surface area contributed by atoms with Gasteiger partial charge in [0.25, 0.3) is 5.89 Å². The van der Waals surface area contributed by atoms with Gasteiger partial charge in [-0.25, -0.2) is 0 Å². The van der Waals surface area contributed by atoms with Crippen molar-refractivity contribution in [1.82, 2.24) is 20.0 Å². The number of likely N-dealkylation sites (tertiary alicyclic amines) is 1. The van der Waals surface area contributed by atoms with Crippen molar-refractivity contribution in [2.75, 3.05) is 13.1 Å². The van der Waals surface area contributed by atoms with Crippen LogP contribution in [0.1, 0.15) is 23.7 Å². The molecule has 4 aromatic rings. The van der Waals surface area contributed by atoms with Crippen LogP contribution >= 0.6 is 0 Å². The van der Waals surface area contributed by atoms with Crippen molar-refractivity contribution in [2.45, 2.75) is 18.8 Å². The second-order valence-electron chi connectivity index (χ2n) is 7.18. The molecule has 1 fully saturated rings. The summed E-state index contributed by atoms with van der Waals surface area (Å²) in [5.41, 5.74) is 3.17. The number of amides is 1. The van der Waals surface area contributed by atoms with Gasteiger partial charge < -0.3 is 14.4 Å². The maximum absolute atomic E-state index is 12.4. The molecule has 28 heavy (non-hydrogen) atoms. The highest BCUT2D eigenvalue weighted by molar-refractivity contribution is 5.92. The molecule has 1 atom stereocenters. The number of hydrogen-bond acceptors (Lipinski definition) is 4. The van der Waals surface area contributed by atoms with E-state index in [4.69, 9.17) is 4.52 Å². The van der Waals surface area contributed by atoms with Crippen molar-refractivity contribution in [2.24, 2.45) is 0 Å². The molecule has 6 heteroatoms. The molecule has 0 aliphatic carbocycles. The minimum Gasteiger partial charge on any atom is -0.361 e. The normalized spacial score (nSPS) is 16.9. The smallest absolute Gasteiger partial charge is 0.258 e. The number of nitrogens with zero attached hydrogens (tertiary/aromatic N) is 3. The highest BCUT2D eigenvalue weighted by Crippen LogP contribution is 2.31. The molecule has 0 spiro atoms. The first-order valence-corrected chi connectivity index (χ1v) is 9.50. The maximum Gasteiger partial charge on any atom is 0.258 e. The van der Waals surface area contributed by atoms with Gasteiger partial charge in [0.2, 0.25) is 5.91 Å². The fourth-order valence-electron chi connectivity index (χ4n) is 3.85. The van der Waals surface area contributed by atoms with E-state index in [9.17, 15) is 4.79 Å². The molecule has 6 nitrogen and oxygen atoms in total. The molecule has 140 valence electrons. The Labute approximate surface area is 162 Å². The van der Waals surface area contributed by atoms with Gasteiger partial charge >= 0.3 is 0 Å². The predicted octanol–water partition coefficient (Wildman–Crippen LogP) is 3.78. The SMILES string of the molecule is O=C1CC(c2noc(-c3cccc4[nH]ccc34)n2)CN1CCc1ccccc1. The molecule has 1 saturated heterocycles. The van der Waals surface area contributed by atoms with Gasteiger partial charge in [-0.1, -0.05) is 41.6 Å². The van der Waals surface area contributed by atoms with Gasteiger partial charge in [0.15, 0.2) is 5.82 Å². The number of carbonyl (C=O) groups is 1. The van der Waals surface area contributed by atoms with E-state index in [1.54, 1.807) is 0 Å². The van der Waals surface area contributed by atoms with Gasteiger partial charge in [-0.3, -0.25) is 4.79 Å². The van der Waals surface area contributed by atoms with Crippen LogP contribution < -0.4 is 0 Å². The molecule has 0 bridgehead atoms. The minimum atomic E-state index is -0.0220. The molecule has 5 rings (SSSR count). The topological polar surface area (TPSA) is 75.0 Å². The molecule has 0 saturated carbocycles. The number of nitrogens with one attached hydrogen (secondary N) is 1. The molecule has 2 aromatic heterocycles. The summed E-state index contributed by atoms with van der Waals surface area (Å²) in [6.45, 7) is 1.35. The van der Waals surface area contributed by atoms with Gasteiger partial charge in [0.1, 0.15) is 0 Å². The number of aromatic amines is 1. The van der Waals surface area contributed by atoms with Crippen LogP contribution in [0.4, 0.5) is 0 Å². The summed E-state index contributed by atoms with van der Waals surface area (Å²) < 4.78 is 5.54. The molecule has 2 aromatic carbocycles. The Morgan fingerprint density at radius 2 is 2.00 bits per heavy atom. The Morgan fingerprint density at radius 3 is 2.89 bits per heavy atom. The molecule has 1 amide bonds. The van der Waals surface area contributed by atoms with Gasteiger partial charge in [-0.15, -0.1) is 0 Å². The predicted molar refractivity (Wildman–Crippen MR) is 106 cm³/mol. The van der Waals surface area contributed by atoms with E-state index in [-0.39, 0.29) is 11.8 Å². The van der Waals surface area contributed by atoms with Crippen LogP contribution in [-0.4, -0.2) is 39.0 Å². The summed E-state index contributed by atoms with van der Waals surface area (Å²) in [7, 11) is 0. The Kier molecular flexibility index (Phi) is 4.16. The van der Waals surface area contributed by atoms with Crippen LogP contribution in [0.25, 0.3) is 22.4 Å². The lowest BCUT2D eigenvalue weighted by Crippen LogP contribution is -2.27. The van der Waals surface area contributed by atoms with E-state index in [0.29, 0.717) is 31.2 Å². The van der Waals surface area contributed by atoms with Crippen LogP contribution in [0.5, 0.6) is 0 Å². The summed E-state index contributed by atoms with van der Waals surface area (Å²) >= 11 is 0. The number of aromatic nitrogens is 3. The fourth-order valence-corrected chi connectivity index (χ4v) is 3.85. The number of H-pyrrole nitrogens is 1. The van der Waals surface area contributed by atoms with E-state index >= 15 is 0 Å². The van der Waals surface area contributed by atoms with E-state index < -0.39 is 0 Å². The summed E-state index contributed by atoms with van der Waals surface area (Å²) in [4.78, 5) is 22.1. The number of fused-ring (bicyclic) bond motifs is 1. The zero-order chi connectivity index (χ0) is 18.9. The van der Waals surface area contributed by atoms with Crippen molar-refractivity contribution >= 4 is 16.8 Å². The van der Waals surface area contributed by atoms with Gasteiger partial charge in [-0.2, -0.15) is 4.98 Å². The quantitative estimate of drug-likeness (QED) is 0.579. The minimum absolute atomic E-state index is 0.0220. The zero-order valence-electron chi connectivity index (χ0n) is 15.3. The lowest BCUT2D eigenvalue weighted by atomic mass is 10.1. The van der Waals surface area contributed by atoms with Crippen LogP contribution in [0.3, 0.4) is 0 Å². The van der Waals surface area contributed by atoms with E-state index in [0.717, 1.165) is 22.9 Å². The third kappa shape index (κ3) is 3.07. The fraction of sp³-hybridized carbons (Fsp3) is 0.227. The van der Waals surface area contributed by atoms with Gasteiger partial charge in [-0.05, 0) is 30.2 Å². The third-order valence-electron chi connectivity index (χ3n) is 5.36. The van der Waals surface area contributed by atoms with Crippen molar-refractivity contribution in [3.63, 3.8) is 0 Å². The molecule has 1 aliphatic rings. The second kappa shape index (κ2) is 6.96. The zero-order valence-corrected chi connectivity index (χ0v) is 15.3. The summed E-state index contributed by atoms with van der Waals surface area (Å²) in [6.07, 6.45) is 3.18. The number of rotatable bonds is 5. The Morgan fingerprint density at radius 1 is 1.11 bits per heavy atom. The Hall–Kier alpha value is -3.41. The Balaban J connectivity index is 1.31. The average molecular weight is 372 g/mol. The van der Waals surface area contributed by atoms with Crippen LogP contribution in [0.15, 0.2) is 65.3 Å². The maximum atomic E-state index is 12.4. The van der Waals surface area contributed by atoms with Crippen LogP contribution in [-0.2, 0) is 11.2 Å². The number of carbonyl (C=O) groups excluding carboxylic acids is 1. The van der Waals surface area contributed by atoms with Gasteiger partial charge in [0.05, 0.1) is 0 Å². The lowest BCUT2D eigenvalue weighted by molar-refractivity contribution is -0.127. The summed E-state index contributed by atoms with van der Waals surface area (Å²) in [6, 6.07) is 18.2. The molecule has 0 radical (unpaired) electrons. The molecule has 1 unspecified atom stereocenters. The first-order chi connectivity index (χ1) is 13.8. The third-order valence-corrected chi connectivity index (χ3v) is 5.36. The largest absolute Gasteiger partial charge is 0.361 e. The van der Waals surface area contributed by atoms with Gasteiger partial charge in [0, 0.05) is 48.1 Å². The molecule has 3 heterocycles. The molecule has 1 N–H and O–H groups in total.